The van der Waals surface area contributed by atoms with Gasteiger partial charge in [-0.1, -0.05) is 24.3 Å². The second kappa shape index (κ2) is 7.73. The monoisotopic (exact) mass is 328 g/mol. The molecule has 0 saturated carbocycles. The number of hydrogen-bond acceptors (Lipinski definition) is 4. The molecule has 5 heteroatoms. The van der Waals surface area contributed by atoms with Gasteiger partial charge in [-0.3, -0.25) is 9.80 Å². The van der Waals surface area contributed by atoms with Gasteiger partial charge in [0, 0.05) is 43.0 Å². The molecule has 0 unspecified atom stereocenters. The van der Waals surface area contributed by atoms with Crippen molar-refractivity contribution >= 4 is 5.82 Å². The van der Waals surface area contributed by atoms with Crippen LogP contribution in [-0.4, -0.2) is 41.0 Å². The zero-order chi connectivity index (χ0) is 16.9. The van der Waals surface area contributed by atoms with Crippen LogP contribution < -0.4 is 5.73 Å². The van der Waals surface area contributed by atoms with Crippen molar-refractivity contribution in [2.45, 2.75) is 32.0 Å². The van der Waals surface area contributed by atoms with Crippen molar-refractivity contribution in [1.29, 1.82) is 0 Å². The number of rotatable bonds is 5. The molecule has 2 aromatic rings. The number of aromatic nitrogens is 1. The summed E-state index contributed by atoms with van der Waals surface area (Å²) in [5.74, 6) is 0.486. The van der Waals surface area contributed by atoms with Crippen LogP contribution in [0.2, 0.25) is 0 Å². The van der Waals surface area contributed by atoms with E-state index in [1.54, 1.807) is 12.3 Å². The Balaban J connectivity index is 1.61. The first-order chi connectivity index (χ1) is 11.6. The number of likely N-dealkylation sites (tertiary alicyclic amines) is 1. The zero-order valence-corrected chi connectivity index (χ0v) is 14.2. The fourth-order valence-electron chi connectivity index (χ4n) is 3.38. The fourth-order valence-corrected chi connectivity index (χ4v) is 3.38. The molecular formula is C19H25FN4. The molecule has 1 aliphatic heterocycles. The Morgan fingerprint density at radius 3 is 2.83 bits per heavy atom. The number of nitrogen functional groups attached to an aromatic ring is 1. The fraction of sp³-hybridized carbons (Fsp3) is 0.421. The van der Waals surface area contributed by atoms with E-state index < -0.39 is 0 Å². The van der Waals surface area contributed by atoms with Gasteiger partial charge in [-0.15, -0.1) is 0 Å². The molecule has 1 aromatic heterocycles. The highest BCUT2D eigenvalue weighted by molar-refractivity contribution is 5.38. The van der Waals surface area contributed by atoms with Gasteiger partial charge in [0.1, 0.15) is 11.6 Å². The van der Waals surface area contributed by atoms with Gasteiger partial charge in [-0.05, 0) is 38.6 Å². The third-order valence-electron chi connectivity index (χ3n) is 4.80. The predicted molar refractivity (Wildman–Crippen MR) is 94.8 cm³/mol. The summed E-state index contributed by atoms with van der Waals surface area (Å²) in [5.41, 5.74) is 7.79. The number of halogens is 1. The molecule has 1 aromatic carbocycles. The second-order valence-corrected chi connectivity index (χ2v) is 6.59. The number of piperidine rings is 1. The number of anilines is 1. The molecule has 2 N–H and O–H groups in total. The molecule has 1 fully saturated rings. The van der Waals surface area contributed by atoms with Crippen molar-refractivity contribution in [3.63, 3.8) is 0 Å². The van der Waals surface area contributed by atoms with Crippen LogP contribution in [0.5, 0.6) is 0 Å². The molecular weight excluding hydrogens is 303 g/mol. The summed E-state index contributed by atoms with van der Waals surface area (Å²) in [5, 5.41) is 0. The van der Waals surface area contributed by atoms with E-state index in [-0.39, 0.29) is 5.82 Å². The van der Waals surface area contributed by atoms with Crippen LogP contribution >= 0.6 is 0 Å². The number of likely N-dealkylation sites (N-methyl/N-ethyl adjacent to an activating group) is 1. The van der Waals surface area contributed by atoms with E-state index in [1.165, 1.54) is 6.07 Å². The summed E-state index contributed by atoms with van der Waals surface area (Å²) in [4.78, 5) is 8.83. The highest BCUT2D eigenvalue weighted by atomic mass is 19.1. The van der Waals surface area contributed by atoms with E-state index >= 15 is 0 Å². The maximum absolute atomic E-state index is 13.9. The Kier molecular flexibility index (Phi) is 5.43. The molecule has 1 saturated heterocycles. The molecule has 1 atom stereocenters. The lowest BCUT2D eigenvalue weighted by Gasteiger charge is -2.37. The maximum atomic E-state index is 13.9. The smallest absolute Gasteiger partial charge is 0.127 e. The second-order valence-electron chi connectivity index (χ2n) is 6.59. The van der Waals surface area contributed by atoms with Crippen LogP contribution in [0.25, 0.3) is 0 Å². The lowest BCUT2D eigenvalue weighted by Crippen LogP contribution is -2.45. The van der Waals surface area contributed by atoms with Crippen molar-refractivity contribution in [2.24, 2.45) is 0 Å². The molecule has 0 bridgehead atoms. The third kappa shape index (κ3) is 4.10. The molecule has 1 aliphatic rings. The first-order valence-corrected chi connectivity index (χ1v) is 8.49. The minimum absolute atomic E-state index is 0.115. The maximum Gasteiger partial charge on any atom is 0.127 e. The number of hydrogen-bond donors (Lipinski definition) is 1. The molecule has 2 heterocycles. The predicted octanol–water partition coefficient (Wildman–Crippen LogP) is 2.90. The standard InChI is InChI=1S/C19H25FN4/c1-23(12-16-7-4-10-22-19(16)21)17-8-5-11-24(14-17)13-15-6-2-3-9-18(15)20/h2-4,6-7,9-10,17H,5,8,11-14H2,1H3,(H2,21,22)/t17-/m1/s1. The Morgan fingerprint density at radius 2 is 2.04 bits per heavy atom. The third-order valence-corrected chi connectivity index (χ3v) is 4.80. The Hall–Kier alpha value is -1.98. The average Bonchev–Trinajstić information content (AvgIpc) is 2.59. The summed E-state index contributed by atoms with van der Waals surface area (Å²) < 4.78 is 13.9. The zero-order valence-electron chi connectivity index (χ0n) is 14.2. The first kappa shape index (κ1) is 16.9. The van der Waals surface area contributed by atoms with E-state index in [9.17, 15) is 4.39 Å². The molecule has 0 amide bonds. The summed E-state index contributed by atoms with van der Waals surface area (Å²) in [6.45, 7) is 3.43. The van der Waals surface area contributed by atoms with E-state index in [2.05, 4.69) is 21.8 Å². The van der Waals surface area contributed by atoms with Crippen molar-refractivity contribution < 1.29 is 4.39 Å². The Bertz CT molecular complexity index is 630. The van der Waals surface area contributed by atoms with Gasteiger partial charge < -0.3 is 5.73 Å². The number of benzene rings is 1. The van der Waals surface area contributed by atoms with Gasteiger partial charge >= 0.3 is 0 Å². The van der Waals surface area contributed by atoms with Gasteiger partial charge in [0.05, 0.1) is 0 Å². The quantitative estimate of drug-likeness (QED) is 0.917. The largest absolute Gasteiger partial charge is 0.383 e. The van der Waals surface area contributed by atoms with Crippen LogP contribution in [0.1, 0.15) is 24.0 Å². The first-order valence-electron chi connectivity index (χ1n) is 8.49. The highest BCUT2D eigenvalue weighted by Gasteiger charge is 2.24. The number of pyridine rings is 1. The summed E-state index contributed by atoms with van der Waals surface area (Å²) in [6, 6.07) is 11.4. The molecule has 0 spiro atoms. The van der Waals surface area contributed by atoms with Crippen LogP contribution in [0.3, 0.4) is 0 Å². The molecule has 128 valence electrons. The van der Waals surface area contributed by atoms with Crippen LogP contribution in [0, 0.1) is 5.82 Å². The van der Waals surface area contributed by atoms with Crippen molar-refractivity contribution in [3.05, 3.63) is 59.5 Å². The van der Waals surface area contributed by atoms with Gasteiger partial charge in [-0.25, -0.2) is 9.37 Å². The lowest BCUT2D eigenvalue weighted by atomic mass is 10.0. The lowest BCUT2D eigenvalue weighted by molar-refractivity contribution is 0.106. The summed E-state index contributed by atoms with van der Waals surface area (Å²) in [7, 11) is 2.13. The Morgan fingerprint density at radius 1 is 1.25 bits per heavy atom. The SMILES string of the molecule is CN(Cc1cccnc1N)[C@@H]1CCCN(Cc2ccccc2F)C1. The van der Waals surface area contributed by atoms with Crippen LogP contribution in [-0.2, 0) is 13.1 Å². The molecule has 0 radical (unpaired) electrons. The van der Waals surface area contributed by atoms with Gasteiger partial charge in [0.15, 0.2) is 0 Å². The molecule has 0 aliphatic carbocycles. The van der Waals surface area contributed by atoms with E-state index in [1.807, 2.05) is 24.3 Å². The summed E-state index contributed by atoms with van der Waals surface area (Å²) in [6.07, 6.45) is 4.01. The van der Waals surface area contributed by atoms with Gasteiger partial charge in [-0.2, -0.15) is 0 Å². The van der Waals surface area contributed by atoms with Crippen molar-refractivity contribution in [1.82, 2.24) is 14.8 Å². The Labute approximate surface area is 143 Å². The van der Waals surface area contributed by atoms with E-state index in [4.69, 9.17) is 5.73 Å². The van der Waals surface area contributed by atoms with Crippen LogP contribution in [0.15, 0.2) is 42.6 Å². The normalized spacial score (nSPS) is 18.9. The molecule has 3 rings (SSSR count). The minimum Gasteiger partial charge on any atom is -0.383 e. The summed E-state index contributed by atoms with van der Waals surface area (Å²) >= 11 is 0. The minimum atomic E-state index is -0.115. The van der Waals surface area contributed by atoms with Crippen molar-refractivity contribution in [3.8, 4) is 0 Å². The topological polar surface area (TPSA) is 45.4 Å². The molecule has 24 heavy (non-hydrogen) atoms. The highest BCUT2D eigenvalue weighted by Crippen LogP contribution is 2.20. The number of nitrogens with zero attached hydrogens (tertiary/aromatic N) is 3. The number of nitrogens with two attached hydrogens (primary N) is 1. The average molecular weight is 328 g/mol. The van der Waals surface area contributed by atoms with Gasteiger partial charge in [0.25, 0.3) is 0 Å². The molecule has 4 nitrogen and oxygen atoms in total. The van der Waals surface area contributed by atoms with E-state index in [0.717, 1.165) is 43.6 Å². The van der Waals surface area contributed by atoms with Crippen molar-refractivity contribution in [2.75, 3.05) is 25.9 Å². The van der Waals surface area contributed by atoms with Gasteiger partial charge in [0.2, 0.25) is 0 Å². The van der Waals surface area contributed by atoms with E-state index in [0.29, 0.717) is 18.4 Å². The van der Waals surface area contributed by atoms with Crippen LogP contribution in [0.4, 0.5) is 10.2 Å².